The maximum absolute atomic E-state index is 12.8. The molecule has 4 fully saturated rings. The lowest BCUT2D eigenvalue weighted by atomic mass is 9.49. The van der Waals surface area contributed by atoms with Gasteiger partial charge in [-0.25, -0.2) is 0 Å². The zero-order valence-corrected chi connectivity index (χ0v) is 13.8. The fourth-order valence-corrected chi connectivity index (χ4v) is 5.57. The third-order valence-corrected chi connectivity index (χ3v) is 6.27. The first-order valence-corrected chi connectivity index (χ1v) is 8.90. The summed E-state index contributed by atoms with van der Waals surface area (Å²) in [6, 6.07) is 8.60. The summed E-state index contributed by atoms with van der Waals surface area (Å²) in [5, 5.41) is 11.7. The molecule has 0 atom stereocenters. The molecule has 124 valence electrons. The van der Waals surface area contributed by atoms with Gasteiger partial charge in [-0.3, -0.25) is 9.59 Å². The molecule has 5 rings (SSSR count). The maximum Gasteiger partial charge on any atom is 0.226 e. The fraction of sp³-hybridized carbons (Fsp3) is 0.550. The predicted octanol–water partition coefficient (Wildman–Crippen LogP) is 3.07. The summed E-state index contributed by atoms with van der Waals surface area (Å²) in [6.07, 6.45) is 6.94. The second kappa shape index (κ2) is 5.73. The number of Topliss-reactive ketones (excluding diaryl/α,β-unsaturated/α-hetero) is 1. The molecule has 0 aliphatic heterocycles. The van der Waals surface area contributed by atoms with Crippen LogP contribution in [0.15, 0.2) is 24.3 Å². The van der Waals surface area contributed by atoms with Gasteiger partial charge in [0.15, 0.2) is 5.78 Å². The predicted molar refractivity (Wildman–Crippen MR) is 89.1 cm³/mol. The molecule has 0 spiro atoms. The van der Waals surface area contributed by atoms with Gasteiger partial charge in [-0.2, -0.15) is 5.26 Å². The van der Waals surface area contributed by atoms with E-state index in [1.165, 1.54) is 19.3 Å². The van der Waals surface area contributed by atoms with Gasteiger partial charge in [0.05, 0.1) is 18.2 Å². The molecule has 4 nitrogen and oxygen atoms in total. The molecular weight excluding hydrogens is 300 g/mol. The zero-order chi connectivity index (χ0) is 16.7. The summed E-state index contributed by atoms with van der Waals surface area (Å²) in [5.74, 6) is 2.14. The van der Waals surface area contributed by atoms with Gasteiger partial charge >= 0.3 is 0 Å². The molecule has 4 saturated carbocycles. The molecule has 1 aromatic carbocycles. The van der Waals surface area contributed by atoms with Crippen molar-refractivity contribution in [2.45, 2.75) is 38.5 Å². The van der Waals surface area contributed by atoms with Crippen LogP contribution in [0.3, 0.4) is 0 Å². The van der Waals surface area contributed by atoms with E-state index in [9.17, 15) is 9.59 Å². The Morgan fingerprint density at radius 3 is 2.08 bits per heavy atom. The highest BCUT2D eigenvalue weighted by Gasteiger charge is 2.54. The number of amides is 1. The molecular formula is C20H22N2O2. The Hall–Kier alpha value is -2.15. The quantitative estimate of drug-likeness (QED) is 0.866. The standard InChI is InChI=1S/C20H22N2O2/c21-11-13-1-3-17(4-2-13)18(23)12-22-19(24)20-8-14-5-15(9-20)7-16(6-14)10-20/h1-4,14-16H,5-10,12H2,(H,22,24). The fourth-order valence-electron chi connectivity index (χ4n) is 5.57. The maximum atomic E-state index is 12.8. The third kappa shape index (κ3) is 2.62. The first-order valence-electron chi connectivity index (χ1n) is 8.90. The van der Waals surface area contributed by atoms with E-state index in [-0.39, 0.29) is 23.7 Å². The molecule has 4 bridgehead atoms. The van der Waals surface area contributed by atoms with Crippen LogP contribution in [0.25, 0.3) is 0 Å². The minimum absolute atomic E-state index is 0.0481. The summed E-state index contributed by atoms with van der Waals surface area (Å²) in [4.78, 5) is 25.1. The Labute approximate surface area is 142 Å². The van der Waals surface area contributed by atoms with Gasteiger partial charge in [-0.05, 0) is 68.4 Å². The van der Waals surface area contributed by atoms with E-state index < -0.39 is 0 Å². The van der Waals surface area contributed by atoms with E-state index in [4.69, 9.17) is 5.26 Å². The minimum atomic E-state index is -0.209. The lowest BCUT2D eigenvalue weighted by Gasteiger charge is -2.55. The molecule has 1 N–H and O–H groups in total. The summed E-state index contributed by atoms with van der Waals surface area (Å²) >= 11 is 0. The number of nitrogens with zero attached hydrogens (tertiary/aromatic N) is 1. The van der Waals surface area contributed by atoms with Crippen LogP contribution in [0.2, 0.25) is 0 Å². The first-order chi connectivity index (χ1) is 11.6. The summed E-state index contributed by atoms with van der Waals surface area (Å²) in [7, 11) is 0. The van der Waals surface area contributed by atoms with Crippen LogP contribution >= 0.6 is 0 Å². The Morgan fingerprint density at radius 1 is 1.04 bits per heavy atom. The van der Waals surface area contributed by atoms with Crippen molar-refractivity contribution in [2.24, 2.45) is 23.2 Å². The van der Waals surface area contributed by atoms with Crippen LogP contribution in [0.1, 0.15) is 54.4 Å². The second-order valence-corrected chi connectivity index (χ2v) is 7.99. The van der Waals surface area contributed by atoms with Crippen molar-refractivity contribution in [3.8, 4) is 6.07 Å². The molecule has 4 aliphatic carbocycles. The van der Waals surface area contributed by atoms with Gasteiger partial charge < -0.3 is 5.32 Å². The summed E-state index contributed by atoms with van der Waals surface area (Å²) in [6.45, 7) is 0.0481. The molecule has 0 unspecified atom stereocenters. The molecule has 24 heavy (non-hydrogen) atoms. The number of nitrogens with one attached hydrogen (secondary N) is 1. The average Bonchev–Trinajstić information content (AvgIpc) is 2.58. The van der Waals surface area contributed by atoms with Crippen molar-refractivity contribution in [2.75, 3.05) is 6.54 Å². The van der Waals surface area contributed by atoms with Crippen LogP contribution < -0.4 is 5.32 Å². The molecule has 0 saturated heterocycles. The number of nitriles is 1. The Kier molecular flexibility index (Phi) is 3.68. The lowest BCUT2D eigenvalue weighted by Crippen LogP contribution is -2.54. The van der Waals surface area contributed by atoms with Crippen molar-refractivity contribution in [3.63, 3.8) is 0 Å². The van der Waals surface area contributed by atoms with E-state index in [1.54, 1.807) is 24.3 Å². The van der Waals surface area contributed by atoms with E-state index in [0.717, 1.165) is 37.0 Å². The van der Waals surface area contributed by atoms with Crippen molar-refractivity contribution < 1.29 is 9.59 Å². The van der Waals surface area contributed by atoms with E-state index in [0.29, 0.717) is 11.1 Å². The molecule has 1 amide bonds. The molecule has 1 aromatic rings. The highest BCUT2D eigenvalue weighted by molar-refractivity contribution is 6.00. The number of carbonyl (C=O) groups is 2. The van der Waals surface area contributed by atoms with E-state index >= 15 is 0 Å². The summed E-state index contributed by atoms with van der Waals surface area (Å²) < 4.78 is 0. The largest absolute Gasteiger partial charge is 0.348 e. The van der Waals surface area contributed by atoms with Crippen molar-refractivity contribution in [3.05, 3.63) is 35.4 Å². The van der Waals surface area contributed by atoms with Gasteiger partial charge in [-0.1, -0.05) is 12.1 Å². The molecule has 0 aromatic heterocycles. The normalized spacial score (nSPS) is 33.0. The number of carbonyl (C=O) groups excluding carboxylic acids is 2. The Morgan fingerprint density at radius 2 is 1.58 bits per heavy atom. The van der Waals surface area contributed by atoms with Crippen LogP contribution in [0.4, 0.5) is 0 Å². The van der Waals surface area contributed by atoms with E-state index in [2.05, 4.69) is 5.32 Å². The van der Waals surface area contributed by atoms with Crippen LogP contribution in [0, 0.1) is 34.5 Å². The van der Waals surface area contributed by atoms with Crippen molar-refractivity contribution in [1.82, 2.24) is 5.32 Å². The first kappa shape index (κ1) is 15.4. The van der Waals surface area contributed by atoms with Crippen LogP contribution in [-0.4, -0.2) is 18.2 Å². The highest BCUT2D eigenvalue weighted by atomic mass is 16.2. The van der Waals surface area contributed by atoms with Crippen molar-refractivity contribution in [1.29, 1.82) is 5.26 Å². The monoisotopic (exact) mass is 322 g/mol. The van der Waals surface area contributed by atoms with Crippen LogP contribution in [-0.2, 0) is 4.79 Å². The van der Waals surface area contributed by atoms with Crippen LogP contribution in [0.5, 0.6) is 0 Å². The summed E-state index contributed by atoms with van der Waals surface area (Å²) in [5.41, 5.74) is 0.864. The minimum Gasteiger partial charge on any atom is -0.348 e. The smallest absolute Gasteiger partial charge is 0.226 e. The molecule has 4 aliphatic rings. The number of hydrogen-bond acceptors (Lipinski definition) is 3. The second-order valence-electron chi connectivity index (χ2n) is 7.99. The SMILES string of the molecule is N#Cc1ccc(C(=O)CNC(=O)C23CC4CC(CC(C4)C2)C3)cc1. The third-order valence-electron chi connectivity index (χ3n) is 6.27. The highest BCUT2D eigenvalue weighted by Crippen LogP contribution is 2.60. The topological polar surface area (TPSA) is 70.0 Å². The molecule has 4 heteroatoms. The Bertz CT molecular complexity index is 679. The number of benzene rings is 1. The van der Waals surface area contributed by atoms with Gasteiger partial charge in [-0.15, -0.1) is 0 Å². The number of ketones is 1. The zero-order valence-electron chi connectivity index (χ0n) is 13.8. The van der Waals surface area contributed by atoms with Crippen molar-refractivity contribution >= 4 is 11.7 Å². The number of rotatable bonds is 4. The molecule has 0 radical (unpaired) electrons. The lowest BCUT2D eigenvalue weighted by molar-refractivity contribution is -0.146. The number of hydrogen-bond donors (Lipinski definition) is 1. The van der Waals surface area contributed by atoms with Gasteiger partial charge in [0.25, 0.3) is 0 Å². The van der Waals surface area contributed by atoms with Gasteiger partial charge in [0.1, 0.15) is 0 Å². The van der Waals surface area contributed by atoms with E-state index in [1.807, 2.05) is 6.07 Å². The van der Waals surface area contributed by atoms with Gasteiger partial charge in [0, 0.05) is 11.0 Å². The Balaban J connectivity index is 1.39. The van der Waals surface area contributed by atoms with Gasteiger partial charge in [0.2, 0.25) is 5.91 Å². The molecule has 0 heterocycles. The average molecular weight is 322 g/mol.